The predicted molar refractivity (Wildman–Crippen MR) is 154 cm³/mol. The Kier molecular flexibility index (Phi) is 11.0. The first-order valence-electron chi connectivity index (χ1n) is 13.0. The zero-order valence-electron chi connectivity index (χ0n) is 23.2. The van der Waals surface area contributed by atoms with Gasteiger partial charge < -0.3 is 18.9 Å². The molecule has 0 spiro atoms. The van der Waals surface area contributed by atoms with Crippen LogP contribution in [0.3, 0.4) is 0 Å². The summed E-state index contributed by atoms with van der Waals surface area (Å²) in [4.78, 5) is 37.3. The van der Waals surface area contributed by atoms with Crippen molar-refractivity contribution in [2.24, 2.45) is 0 Å². The van der Waals surface area contributed by atoms with Gasteiger partial charge in [-0.25, -0.2) is 14.4 Å². The van der Waals surface area contributed by atoms with E-state index in [1.807, 2.05) is 12.1 Å². The molecule has 0 aliphatic rings. The first-order chi connectivity index (χ1) is 19.2. The van der Waals surface area contributed by atoms with Gasteiger partial charge in [-0.3, -0.25) is 0 Å². The Morgan fingerprint density at radius 3 is 2.05 bits per heavy atom. The second-order valence-electron chi connectivity index (χ2n) is 9.33. The van der Waals surface area contributed by atoms with Crippen LogP contribution in [0.2, 0.25) is 0 Å². The first-order valence-corrected chi connectivity index (χ1v) is 13.0. The Morgan fingerprint density at radius 1 is 0.750 bits per heavy atom. The molecule has 0 aromatic heterocycles. The Bertz CT molecular complexity index is 1370. The number of methoxy groups -OCH3 is 1. The minimum Gasteiger partial charge on any atom is -0.423 e. The van der Waals surface area contributed by atoms with Crippen molar-refractivity contribution in [2.45, 2.75) is 39.5 Å². The number of unbranched alkanes of at least 4 members (excludes halogenated alkanes) is 2. The van der Waals surface area contributed by atoms with Crippen LogP contribution < -0.4 is 14.2 Å². The summed E-state index contributed by atoms with van der Waals surface area (Å²) in [7, 11) is 1.44. The number of hydrogen-bond acceptors (Lipinski definition) is 7. The topological polar surface area (TPSA) is 88.1 Å². The van der Waals surface area contributed by atoms with E-state index in [1.165, 1.54) is 7.11 Å². The molecule has 0 saturated carbocycles. The average Bonchev–Trinajstić information content (AvgIpc) is 2.95. The van der Waals surface area contributed by atoms with Gasteiger partial charge in [0.15, 0.2) is 11.5 Å². The Hall–Kier alpha value is -4.49. The number of aryl methyl sites for hydroxylation is 1. The zero-order valence-corrected chi connectivity index (χ0v) is 23.2. The van der Waals surface area contributed by atoms with E-state index >= 15 is 0 Å². The maximum atomic E-state index is 13.1. The minimum absolute atomic E-state index is 0.00105. The van der Waals surface area contributed by atoms with Crippen molar-refractivity contribution in [3.8, 4) is 28.4 Å². The van der Waals surface area contributed by atoms with Gasteiger partial charge in [-0.05, 0) is 72.9 Å². The van der Waals surface area contributed by atoms with Crippen LogP contribution in [-0.2, 0) is 20.7 Å². The van der Waals surface area contributed by atoms with E-state index in [2.05, 4.69) is 20.1 Å². The molecular formula is C33H34O7. The molecule has 40 heavy (non-hydrogen) atoms. The number of ether oxygens (including phenoxy) is 4. The smallest absolute Gasteiger partial charge is 0.343 e. The quantitative estimate of drug-likeness (QED) is 0.101. The van der Waals surface area contributed by atoms with Crippen LogP contribution in [0.25, 0.3) is 11.1 Å². The van der Waals surface area contributed by atoms with Gasteiger partial charge in [0.05, 0.1) is 17.7 Å². The molecule has 0 bridgehead atoms. The third-order valence-corrected chi connectivity index (χ3v) is 5.96. The molecule has 7 heteroatoms. The highest BCUT2D eigenvalue weighted by atomic mass is 16.6. The van der Waals surface area contributed by atoms with Crippen molar-refractivity contribution in [3.63, 3.8) is 0 Å². The van der Waals surface area contributed by atoms with Gasteiger partial charge in [-0.1, -0.05) is 63.3 Å². The highest BCUT2D eigenvalue weighted by molar-refractivity contribution is 5.93. The SMILES string of the molecule is C=C(C)C(=O)Oc1ccc(-c2ccc(OC(=O)C(=C)COC)c(OC(=O)c3ccc(CCCCC)cc3)c2)cc1. The summed E-state index contributed by atoms with van der Waals surface area (Å²) in [6.07, 6.45) is 4.33. The standard InChI is InChI=1S/C33H34O7/c1-6-7-8-9-24-10-12-26(13-11-24)33(36)40-30-20-27(16-19-29(30)39-32(35)23(4)21-37-5)25-14-17-28(18-15-25)38-31(34)22(2)3/h10-20H,2,4,6-9,21H2,1,3,5H3. The van der Waals surface area contributed by atoms with Crippen LogP contribution in [0.15, 0.2) is 91.0 Å². The lowest BCUT2D eigenvalue weighted by Crippen LogP contribution is -2.15. The number of esters is 3. The van der Waals surface area contributed by atoms with Gasteiger partial charge in [0, 0.05) is 12.7 Å². The van der Waals surface area contributed by atoms with Crippen LogP contribution in [-0.4, -0.2) is 31.6 Å². The van der Waals surface area contributed by atoms with E-state index in [9.17, 15) is 14.4 Å². The zero-order chi connectivity index (χ0) is 29.1. The van der Waals surface area contributed by atoms with Gasteiger partial charge in [-0.15, -0.1) is 0 Å². The maximum absolute atomic E-state index is 13.1. The van der Waals surface area contributed by atoms with Gasteiger partial charge in [0.25, 0.3) is 0 Å². The number of rotatable bonds is 13. The van der Waals surface area contributed by atoms with E-state index in [-0.39, 0.29) is 23.7 Å². The predicted octanol–water partition coefficient (Wildman–Crippen LogP) is 6.90. The van der Waals surface area contributed by atoms with Crippen molar-refractivity contribution in [2.75, 3.05) is 13.7 Å². The molecule has 0 amide bonds. The number of carbonyl (C=O) groups excluding carboxylic acids is 3. The fourth-order valence-corrected chi connectivity index (χ4v) is 3.71. The van der Waals surface area contributed by atoms with E-state index in [4.69, 9.17) is 18.9 Å². The molecule has 0 heterocycles. The summed E-state index contributed by atoms with van der Waals surface area (Å²) in [5, 5.41) is 0. The van der Waals surface area contributed by atoms with Crippen molar-refractivity contribution in [1.29, 1.82) is 0 Å². The lowest BCUT2D eigenvalue weighted by Gasteiger charge is -2.14. The molecular weight excluding hydrogens is 508 g/mol. The monoisotopic (exact) mass is 542 g/mol. The van der Waals surface area contributed by atoms with Crippen LogP contribution in [0.1, 0.15) is 49.0 Å². The van der Waals surface area contributed by atoms with Gasteiger partial charge in [0.1, 0.15) is 5.75 Å². The molecule has 3 aromatic rings. The van der Waals surface area contributed by atoms with E-state index in [0.717, 1.165) is 36.8 Å². The molecule has 0 N–H and O–H groups in total. The van der Waals surface area contributed by atoms with Crippen LogP contribution in [0, 0.1) is 0 Å². The third kappa shape index (κ3) is 8.51. The minimum atomic E-state index is -0.702. The molecule has 0 fully saturated rings. The van der Waals surface area contributed by atoms with Crippen LogP contribution in [0.4, 0.5) is 0 Å². The van der Waals surface area contributed by atoms with Gasteiger partial charge in [0.2, 0.25) is 0 Å². The summed E-state index contributed by atoms with van der Waals surface area (Å²) in [5.41, 5.74) is 3.36. The molecule has 0 atom stereocenters. The van der Waals surface area contributed by atoms with Crippen LogP contribution >= 0.6 is 0 Å². The average molecular weight is 543 g/mol. The number of carbonyl (C=O) groups is 3. The van der Waals surface area contributed by atoms with Gasteiger partial charge in [-0.2, -0.15) is 0 Å². The summed E-state index contributed by atoms with van der Waals surface area (Å²) < 4.78 is 21.4. The fraction of sp³-hybridized carbons (Fsp3) is 0.242. The fourth-order valence-electron chi connectivity index (χ4n) is 3.71. The molecule has 208 valence electrons. The normalized spacial score (nSPS) is 10.5. The molecule has 3 rings (SSSR count). The largest absolute Gasteiger partial charge is 0.423 e. The molecule has 0 aliphatic carbocycles. The Balaban J connectivity index is 1.86. The Labute approximate surface area is 235 Å². The summed E-state index contributed by atoms with van der Waals surface area (Å²) >= 11 is 0. The highest BCUT2D eigenvalue weighted by Gasteiger charge is 2.18. The maximum Gasteiger partial charge on any atom is 0.343 e. The second kappa shape index (κ2) is 14.6. The van der Waals surface area contributed by atoms with Gasteiger partial charge >= 0.3 is 17.9 Å². The van der Waals surface area contributed by atoms with E-state index < -0.39 is 17.9 Å². The number of hydrogen-bond donors (Lipinski definition) is 0. The van der Waals surface area contributed by atoms with E-state index in [1.54, 1.807) is 61.5 Å². The summed E-state index contributed by atoms with van der Waals surface area (Å²) in [6, 6.07) is 19.0. The molecule has 0 radical (unpaired) electrons. The molecule has 3 aromatic carbocycles. The van der Waals surface area contributed by atoms with Crippen molar-refractivity contribution < 1.29 is 33.3 Å². The molecule has 0 saturated heterocycles. The lowest BCUT2D eigenvalue weighted by atomic mass is 10.0. The van der Waals surface area contributed by atoms with Crippen molar-refractivity contribution >= 4 is 17.9 Å². The molecule has 0 unspecified atom stereocenters. The van der Waals surface area contributed by atoms with Crippen molar-refractivity contribution in [3.05, 3.63) is 102 Å². The number of benzene rings is 3. The second-order valence-corrected chi connectivity index (χ2v) is 9.33. The van der Waals surface area contributed by atoms with E-state index in [0.29, 0.717) is 22.4 Å². The van der Waals surface area contributed by atoms with Crippen molar-refractivity contribution in [1.82, 2.24) is 0 Å². The third-order valence-electron chi connectivity index (χ3n) is 5.96. The van der Waals surface area contributed by atoms with Crippen LogP contribution in [0.5, 0.6) is 17.2 Å². The summed E-state index contributed by atoms with van der Waals surface area (Å²) in [5.74, 6) is -1.33. The first kappa shape index (κ1) is 30.1. The molecule has 0 aliphatic heterocycles. The summed E-state index contributed by atoms with van der Waals surface area (Å²) in [6.45, 7) is 11.0. The Morgan fingerprint density at radius 2 is 1.43 bits per heavy atom. The lowest BCUT2D eigenvalue weighted by molar-refractivity contribution is -0.131. The highest BCUT2D eigenvalue weighted by Crippen LogP contribution is 2.34. The molecule has 7 nitrogen and oxygen atoms in total.